The Kier molecular flexibility index (Phi) is 2.94. The first-order valence-electron chi connectivity index (χ1n) is 8.25. The lowest BCUT2D eigenvalue weighted by molar-refractivity contribution is 0.583. The van der Waals surface area contributed by atoms with Crippen LogP contribution in [-0.4, -0.2) is 4.57 Å². The second-order valence-electron chi connectivity index (χ2n) is 6.09. The maximum Gasteiger partial charge on any atom is 0.138 e. The summed E-state index contributed by atoms with van der Waals surface area (Å²) in [6.07, 6.45) is 1.68. The molecule has 0 spiro atoms. The average Bonchev–Trinajstić information content (AvgIpc) is 3.28. The topological polar surface area (TPSA) is 44.1 Å². The molecule has 0 bridgehead atoms. The summed E-state index contributed by atoms with van der Waals surface area (Å²) >= 11 is 0. The molecular weight excluding hydrogens is 308 g/mol. The highest BCUT2D eigenvalue weighted by atomic mass is 16.3. The van der Waals surface area contributed by atoms with Crippen LogP contribution in [0.1, 0.15) is 0 Å². The zero-order chi connectivity index (χ0) is 16.8. The number of hydrogen-bond donors (Lipinski definition) is 1. The minimum absolute atomic E-state index is 0.711. The van der Waals surface area contributed by atoms with Crippen LogP contribution in [0.4, 0.5) is 5.69 Å². The van der Waals surface area contributed by atoms with Gasteiger partial charge in [0.1, 0.15) is 5.76 Å². The van der Waals surface area contributed by atoms with Crippen molar-refractivity contribution in [2.75, 3.05) is 5.73 Å². The smallest absolute Gasteiger partial charge is 0.138 e. The summed E-state index contributed by atoms with van der Waals surface area (Å²) in [5.74, 6) is 0.781. The lowest BCUT2D eigenvalue weighted by Gasteiger charge is -2.11. The van der Waals surface area contributed by atoms with Crippen LogP contribution in [0.2, 0.25) is 0 Å². The number of para-hydroxylation sites is 2. The van der Waals surface area contributed by atoms with E-state index in [1.54, 1.807) is 6.26 Å². The van der Waals surface area contributed by atoms with Crippen molar-refractivity contribution in [3.63, 3.8) is 0 Å². The van der Waals surface area contributed by atoms with Gasteiger partial charge in [0.05, 0.1) is 22.9 Å². The van der Waals surface area contributed by atoms with E-state index in [2.05, 4.69) is 59.2 Å². The van der Waals surface area contributed by atoms with Crippen molar-refractivity contribution in [3.8, 4) is 17.0 Å². The maximum absolute atomic E-state index is 6.37. The van der Waals surface area contributed by atoms with Gasteiger partial charge in [-0.05, 0) is 36.4 Å². The number of nitrogen functional groups attached to an aromatic ring is 1. The Hall–Kier alpha value is -3.46. The zero-order valence-corrected chi connectivity index (χ0v) is 13.5. The zero-order valence-electron chi connectivity index (χ0n) is 13.5. The van der Waals surface area contributed by atoms with Crippen LogP contribution in [0.3, 0.4) is 0 Å². The molecule has 5 rings (SSSR count). The van der Waals surface area contributed by atoms with Crippen LogP contribution in [0, 0.1) is 0 Å². The van der Waals surface area contributed by atoms with Gasteiger partial charge in [-0.1, -0.05) is 42.5 Å². The molecule has 25 heavy (non-hydrogen) atoms. The van der Waals surface area contributed by atoms with Gasteiger partial charge in [0.15, 0.2) is 0 Å². The van der Waals surface area contributed by atoms with Gasteiger partial charge >= 0.3 is 0 Å². The number of nitrogens with zero attached hydrogens (tertiary/aromatic N) is 1. The molecule has 0 amide bonds. The summed E-state index contributed by atoms with van der Waals surface area (Å²) < 4.78 is 7.96. The molecule has 0 saturated heterocycles. The minimum atomic E-state index is 0.711. The van der Waals surface area contributed by atoms with E-state index in [4.69, 9.17) is 10.2 Å². The third kappa shape index (κ3) is 1.99. The van der Waals surface area contributed by atoms with Crippen molar-refractivity contribution in [1.82, 2.24) is 4.57 Å². The number of rotatable bonds is 2. The van der Waals surface area contributed by atoms with Crippen LogP contribution in [0.5, 0.6) is 0 Å². The van der Waals surface area contributed by atoms with E-state index in [1.807, 2.05) is 24.3 Å². The molecular formula is C22H16N2O. The van der Waals surface area contributed by atoms with Gasteiger partial charge in [0.25, 0.3) is 0 Å². The first kappa shape index (κ1) is 13.9. The summed E-state index contributed by atoms with van der Waals surface area (Å²) in [5, 5.41) is 2.37. The number of anilines is 1. The highest BCUT2D eigenvalue weighted by Gasteiger charge is 2.19. The van der Waals surface area contributed by atoms with Crippen LogP contribution in [-0.2, 0) is 0 Å². The number of nitrogens with two attached hydrogens (primary N) is 1. The molecule has 0 unspecified atom stereocenters. The maximum atomic E-state index is 6.37. The monoisotopic (exact) mass is 324 g/mol. The molecule has 3 nitrogen and oxygen atoms in total. The van der Waals surface area contributed by atoms with E-state index in [9.17, 15) is 0 Å². The Bertz CT molecular complexity index is 1190. The van der Waals surface area contributed by atoms with Crippen molar-refractivity contribution in [2.24, 2.45) is 0 Å². The molecule has 3 heteroatoms. The van der Waals surface area contributed by atoms with Crippen LogP contribution in [0.15, 0.2) is 89.5 Å². The minimum Gasteiger partial charge on any atom is -0.464 e. The van der Waals surface area contributed by atoms with Gasteiger partial charge in [0.2, 0.25) is 0 Å². The summed E-state index contributed by atoms with van der Waals surface area (Å²) in [6, 6.07) is 26.7. The second-order valence-corrected chi connectivity index (χ2v) is 6.09. The first-order chi connectivity index (χ1) is 12.3. The Balaban J connectivity index is 2.04. The SMILES string of the molecule is Nc1ccc2c3ccccc3n(-c3ccccc3)c2c1-c1ccco1. The molecule has 0 aliphatic rings. The largest absolute Gasteiger partial charge is 0.464 e. The van der Waals surface area contributed by atoms with Crippen molar-refractivity contribution in [1.29, 1.82) is 0 Å². The average molecular weight is 324 g/mol. The third-order valence-corrected chi connectivity index (χ3v) is 4.65. The fourth-order valence-corrected chi connectivity index (χ4v) is 3.60. The van der Waals surface area contributed by atoms with Crippen LogP contribution in [0.25, 0.3) is 38.8 Å². The van der Waals surface area contributed by atoms with E-state index >= 15 is 0 Å². The molecule has 2 heterocycles. The van der Waals surface area contributed by atoms with Gasteiger partial charge in [-0.15, -0.1) is 0 Å². The Morgan fingerprint density at radius 2 is 1.52 bits per heavy atom. The molecule has 2 aromatic heterocycles. The normalized spacial score (nSPS) is 11.4. The predicted molar refractivity (Wildman–Crippen MR) is 103 cm³/mol. The molecule has 5 aromatic rings. The summed E-state index contributed by atoms with van der Waals surface area (Å²) in [5.41, 5.74) is 11.3. The van der Waals surface area contributed by atoms with E-state index < -0.39 is 0 Å². The summed E-state index contributed by atoms with van der Waals surface area (Å²) in [7, 11) is 0. The van der Waals surface area contributed by atoms with Crippen molar-refractivity contribution in [2.45, 2.75) is 0 Å². The van der Waals surface area contributed by atoms with Crippen LogP contribution < -0.4 is 5.73 Å². The standard InChI is InChI=1S/C22H16N2O/c23-18-13-12-17-16-9-4-5-10-19(16)24(15-7-2-1-3-8-15)22(17)21(18)20-11-6-14-25-20/h1-14H,23H2. The number of fused-ring (bicyclic) bond motifs is 3. The molecule has 0 aliphatic carbocycles. The summed E-state index contributed by atoms with van der Waals surface area (Å²) in [6.45, 7) is 0. The Labute approximate surface area is 144 Å². The van der Waals surface area contributed by atoms with E-state index in [0.717, 1.165) is 28.0 Å². The van der Waals surface area contributed by atoms with Crippen molar-refractivity contribution >= 4 is 27.5 Å². The molecule has 0 saturated carbocycles. The molecule has 0 aliphatic heterocycles. The molecule has 0 fully saturated rings. The predicted octanol–water partition coefficient (Wildman–Crippen LogP) is 5.63. The number of benzene rings is 3. The lowest BCUT2D eigenvalue weighted by Crippen LogP contribution is -1.97. The van der Waals surface area contributed by atoms with Crippen LogP contribution >= 0.6 is 0 Å². The molecule has 0 atom stereocenters. The third-order valence-electron chi connectivity index (χ3n) is 4.65. The fraction of sp³-hybridized carbons (Fsp3) is 0. The molecule has 0 radical (unpaired) electrons. The quantitative estimate of drug-likeness (QED) is 0.428. The highest BCUT2D eigenvalue weighted by molar-refractivity contribution is 6.15. The number of aromatic nitrogens is 1. The van der Waals surface area contributed by atoms with Crippen molar-refractivity contribution in [3.05, 3.63) is 85.1 Å². The second kappa shape index (κ2) is 5.28. The van der Waals surface area contributed by atoms with E-state index in [1.165, 1.54) is 10.8 Å². The molecule has 2 N–H and O–H groups in total. The van der Waals surface area contributed by atoms with E-state index in [0.29, 0.717) is 5.69 Å². The lowest BCUT2D eigenvalue weighted by atomic mass is 10.0. The van der Waals surface area contributed by atoms with E-state index in [-0.39, 0.29) is 0 Å². The number of furan rings is 1. The van der Waals surface area contributed by atoms with Gasteiger partial charge in [0, 0.05) is 22.1 Å². The van der Waals surface area contributed by atoms with Gasteiger partial charge < -0.3 is 14.7 Å². The highest BCUT2D eigenvalue weighted by Crippen LogP contribution is 2.40. The van der Waals surface area contributed by atoms with Gasteiger partial charge in [-0.25, -0.2) is 0 Å². The van der Waals surface area contributed by atoms with Crippen molar-refractivity contribution < 1.29 is 4.42 Å². The van der Waals surface area contributed by atoms with Gasteiger partial charge in [-0.3, -0.25) is 0 Å². The Morgan fingerprint density at radius 3 is 2.32 bits per heavy atom. The number of hydrogen-bond acceptors (Lipinski definition) is 2. The fourth-order valence-electron chi connectivity index (χ4n) is 3.60. The summed E-state index contributed by atoms with van der Waals surface area (Å²) in [4.78, 5) is 0. The Morgan fingerprint density at radius 1 is 0.720 bits per heavy atom. The first-order valence-corrected chi connectivity index (χ1v) is 8.25. The molecule has 3 aromatic carbocycles. The van der Waals surface area contributed by atoms with Gasteiger partial charge in [-0.2, -0.15) is 0 Å². The molecule has 120 valence electrons.